The van der Waals surface area contributed by atoms with Gasteiger partial charge in [0.2, 0.25) is 0 Å². The van der Waals surface area contributed by atoms with E-state index >= 15 is 0 Å². The normalized spacial score (nSPS) is 15.5. The zero-order chi connectivity index (χ0) is 17.6. The van der Waals surface area contributed by atoms with E-state index in [1.54, 1.807) is 12.1 Å². The lowest BCUT2D eigenvalue weighted by Gasteiger charge is -2.06. The van der Waals surface area contributed by atoms with Gasteiger partial charge in [0.1, 0.15) is 11.6 Å². The molecule has 1 aromatic carbocycles. The number of hydrogen-bond acceptors (Lipinski definition) is 4. The van der Waals surface area contributed by atoms with Crippen molar-refractivity contribution in [2.24, 2.45) is 16.5 Å². The van der Waals surface area contributed by atoms with Gasteiger partial charge in [-0.2, -0.15) is 0 Å². The van der Waals surface area contributed by atoms with Crippen LogP contribution < -0.4 is 16.8 Å². The zero-order valence-corrected chi connectivity index (χ0v) is 14.2. The molecular weight excluding hydrogens is 316 g/mol. The van der Waals surface area contributed by atoms with Gasteiger partial charge >= 0.3 is 0 Å². The molecule has 0 radical (unpaired) electrons. The molecule has 5 N–H and O–H groups in total. The fourth-order valence-corrected chi connectivity index (χ4v) is 3.00. The summed E-state index contributed by atoms with van der Waals surface area (Å²) in [7, 11) is 0. The first kappa shape index (κ1) is 17.2. The van der Waals surface area contributed by atoms with E-state index in [0.717, 1.165) is 24.0 Å². The number of hydrogen-bond donors (Lipinski definition) is 3. The first-order chi connectivity index (χ1) is 12.2. The summed E-state index contributed by atoms with van der Waals surface area (Å²) < 4.78 is 5.62. The number of nitrogens with one attached hydrogen (secondary N) is 1. The molecule has 1 aliphatic rings. The standard InChI is InChI=1S/C19H24N4O2/c20-11-12-22-19(24)17-10-9-16(25-17)13-5-7-14(8-6-13)18(21)23-15-3-1-2-4-15/h5-10,15H,1-4,11-12,20H2,(H2,21,23)(H,22,24). The van der Waals surface area contributed by atoms with Crippen LogP contribution in [0.2, 0.25) is 0 Å². The highest BCUT2D eigenvalue weighted by molar-refractivity contribution is 5.98. The number of nitrogens with two attached hydrogens (primary N) is 2. The average molecular weight is 340 g/mol. The Morgan fingerprint density at radius 3 is 2.56 bits per heavy atom. The van der Waals surface area contributed by atoms with E-state index < -0.39 is 0 Å². The van der Waals surface area contributed by atoms with Crippen LogP contribution in [-0.4, -0.2) is 30.9 Å². The second kappa shape index (κ2) is 7.98. The second-order valence-electron chi connectivity index (χ2n) is 6.24. The van der Waals surface area contributed by atoms with Crippen LogP contribution in [0.1, 0.15) is 41.8 Å². The van der Waals surface area contributed by atoms with E-state index in [1.165, 1.54) is 12.8 Å². The average Bonchev–Trinajstić information content (AvgIpc) is 3.31. The number of rotatable bonds is 6. The molecule has 1 heterocycles. The summed E-state index contributed by atoms with van der Waals surface area (Å²) in [5, 5.41) is 2.68. The number of aliphatic imine (C=N–C) groups is 1. The van der Waals surface area contributed by atoms with E-state index in [4.69, 9.17) is 15.9 Å². The van der Waals surface area contributed by atoms with Crippen LogP contribution in [0.3, 0.4) is 0 Å². The van der Waals surface area contributed by atoms with E-state index in [2.05, 4.69) is 10.3 Å². The summed E-state index contributed by atoms with van der Waals surface area (Å²) in [5.74, 6) is 1.23. The summed E-state index contributed by atoms with van der Waals surface area (Å²) in [6.07, 6.45) is 4.72. The smallest absolute Gasteiger partial charge is 0.287 e. The van der Waals surface area contributed by atoms with Crippen LogP contribution >= 0.6 is 0 Å². The Labute approximate surface area is 147 Å². The van der Waals surface area contributed by atoms with E-state index in [1.807, 2.05) is 24.3 Å². The van der Waals surface area contributed by atoms with Crippen molar-refractivity contribution < 1.29 is 9.21 Å². The summed E-state index contributed by atoms with van der Waals surface area (Å²) in [6.45, 7) is 0.813. The number of amidine groups is 1. The monoisotopic (exact) mass is 340 g/mol. The Hall–Kier alpha value is -2.60. The Morgan fingerprint density at radius 1 is 1.16 bits per heavy atom. The van der Waals surface area contributed by atoms with Gasteiger partial charge in [0.05, 0.1) is 6.04 Å². The van der Waals surface area contributed by atoms with E-state index in [9.17, 15) is 4.79 Å². The Morgan fingerprint density at radius 2 is 1.88 bits per heavy atom. The molecule has 1 aliphatic carbocycles. The van der Waals surface area contributed by atoms with Crippen LogP contribution in [0.25, 0.3) is 11.3 Å². The minimum Gasteiger partial charge on any atom is -0.451 e. The molecular formula is C19H24N4O2. The lowest BCUT2D eigenvalue weighted by atomic mass is 10.1. The Kier molecular flexibility index (Phi) is 5.50. The van der Waals surface area contributed by atoms with Gasteiger partial charge in [-0.1, -0.05) is 37.1 Å². The number of nitrogens with zero attached hydrogens (tertiary/aromatic N) is 1. The van der Waals surface area contributed by atoms with Gasteiger partial charge in [-0.3, -0.25) is 9.79 Å². The minimum atomic E-state index is -0.263. The molecule has 0 unspecified atom stereocenters. The number of carbonyl (C=O) groups excluding carboxylic acids is 1. The highest BCUT2D eigenvalue weighted by Crippen LogP contribution is 2.24. The van der Waals surface area contributed by atoms with Gasteiger partial charge in [0.15, 0.2) is 5.76 Å². The molecule has 132 valence electrons. The lowest BCUT2D eigenvalue weighted by molar-refractivity contribution is 0.0928. The predicted octanol–water partition coefficient (Wildman–Crippen LogP) is 2.28. The van der Waals surface area contributed by atoms with Gasteiger partial charge in [-0.15, -0.1) is 0 Å². The number of furan rings is 1. The van der Waals surface area contributed by atoms with E-state index in [-0.39, 0.29) is 11.7 Å². The third-order valence-corrected chi connectivity index (χ3v) is 4.37. The van der Waals surface area contributed by atoms with Crippen molar-refractivity contribution in [3.8, 4) is 11.3 Å². The minimum absolute atomic E-state index is 0.263. The molecule has 1 amide bonds. The largest absolute Gasteiger partial charge is 0.451 e. The molecule has 2 aromatic rings. The molecule has 25 heavy (non-hydrogen) atoms. The predicted molar refractivity (Wildman–Crippen MR) is 98.5 cm³/mol. The van der Waals surface area contributed by atoms with Gasteiger partial charge in [-0.05, 0) is 25.0 Å². The SMILES string of the molecule is NCCNC(=O)c1ccc(-c2ccc(C(N)=NC3CCCC3)cc2)o1. The fourth-order valence-electron chi connectivity index (χ4n) is 3.00. The maximum absolute atomic E-state index is 11.9. The van der Waals surface area contributed by atoms with Gasteiger partial charge in [-0.25, -0.2) is 0 Å². The Balaban J connectivity index is 1.70. The van der Waals surface area contributed by atoms with Gasteiger partial charge in [0, 0.05) is 24.2 Å². The molecule has 6 heteroatoms. The second-order valence-corrected chi connectivity index (χ2v) is 6.24. The summed E-state index contributed by atoms with van der Waals surface area (Å²) in [5.41, 5.74) is 13.3. The third kappa shape index (κ3) is 4.28. The molecule has 0 bridgehead atoms. The lowest BCUT2D eigenvalue weighted by Crippen LogP contribution is -2.28. The highest BCUT2D eigenvalue weighted by Gasteiger charge is 2.15. The van der Waals surface area contributed by atoms with Crippen LogP contribution in [0.4, 0.5) is 0 Å². The van der Waals surface area contributed by atoms with Crippen molar-refractivity contribution >= 4 is 11.7 Å². The van der Waals surface area contributed by atoms with Crippen molar-refractivity contribution in [1.82, 2.24) is 5.32 Å². The van der Waals surface area contributed by atoms with Crippen molar-refractivity contribution in [3.05, 3.63) is 47.7 Å². The maximum Gasteiger partial charge on any atom is 0.287 e. The summed E-state index contributed by atoms with van der Waals surface area (Å²) >= 11 is 0. The number of carbonyl (C=O) groups is 1. The number of amides is 1. The number of benzene rings is 1. The molecule has 3 rings (SSSR count). The molecule has 0 saturated heterocycles. The topological polar surface area (TPSA) is 107 Å². The third-order valence-electron chi connectivity index (χ3n) is 4.37. The maximum atomic E-state index is 11.9. The van der Waals surface area contributed by atoms with Crippen LogP contribution in [-0.2, 0) is 0 Å². The first-order valence-corrected chi connectivity index (χ1v) is 8.69. The van der Waals surface area contributed by atoms with Crippen LogP contribution in [0.5, 0.6) is 0 Å². The molecule has 1 aromatic heterocycles. The molecule has 1 saturated carbocycles. The van der Waals surface area contributed by atoms with Crippen LogP contribution in [0, 0.1) is 0 Å². The van der Waals surface area contributed by atoms with Gasteiger partial charge in [0.25, 0.3) is 5.91 Å². The molecule has 6 nitrogen and oxygen atoms in total. The molecule has 0 aliphatic heterocycles. The van der Waals surface area contributed by atoms with Crippen molar-refractivity contribution in [2.45, 2.75) is 31.7 Å². The van der Waals surface area contributed by atoms with Crippen molar-refractivity contribution in [1.29, 1.82) is 0 Å². The van der Waals surface area contributed by atoms with Gasteiger partial charge < -0.3 is 21.2 Å². The fraction of sp³-hybridized carbons (Fsp3) is 0.368. The first-order valence-electron chi connectivity index (χ1n) is 8.69. The van der Waals surface area contributed by atoms with Crippen molar-refractivity contribution in [2.75, 3.05) is 13.1 Å². The summed E-state index contributed by atoms with van der Waals surface area (Å²) in [4.78, 5) is 16.5. The molecule has 0 spiro atoms. The Bertz CT molecular complexity index is 743. The van der Waals surface area contributed by atoms with E-state index in [0.29, 0.717) is 30.7 Å². The zero-order valence-electron chi connectivity index (χ0n) is 14.2. The molecule has 1 fully saturated rings. The highest BCUT2D eigenvalue weighted by atomic mass is 16.3. The quantitative estimate of drug-likeness (QED) is 0.554. The summed E-state index contributed by atoms with van der Waals surface area (Å²) in [6, 6.07) is 11.5. The van der Waals surface area contributed by atoms with Crippen LogP contribution in [0.15, 0.2) is 45.8 Å². The van der Waals surface area contributed by atoms with Crippen molar-refractivity contribution in [3.63, 3.8) is 0 Å². The molecule has 0 atom stereocenters.